The van der Waals surface area contributed by atoms with Crippen LogP contribution in [0.5, 0.6) is 0 Å². The molecule has 0 radical (unpaired) electrons. The SMILES string of the molecule is NC(=S)Nc1cccc(C#CC=O)c1. The summed E-state index contributed by atoms with van der Waals surface area (Å²) in [6.45, 7) is 0. The van der Waals surface area contributed by atoms with Crippen LogP contribution in [0.25, 0.3) is 0 Å². The minimum atomic E-state index is 0.200. The summed E-state index contributed by atoms with van der Waals surface area (Å²) >= 11 is 4.68. The van der Waals surface area contributed by atoms with Crippen molar-refractivity contribution >= 4 is 29.3 Å². The Morgan fingerprint density at radius 2 is 2.36 bits per heavy atom. The van der Waals surface area contributed by atoms with E-state index in [1.807, 2.05) is 6.07 Å². The van der Waals surface area contributed by atoms with E-state index in [0.717, 1.165) is 11.3 Å². The van der Waals surface area contributed by atoms with E-state index in [4.69, 9.17) is 5.73 Å². The second-order valence-corrected chi connectivity index (χ2v) is 2.90. The van der Waals surface area contributed by atoms with Gasteiger partial charge in [0.2, 0.25) is 0 Å². The number of rotatable bonds is 1. The van der Waals surface area contributed by atoms with Crippen molar-refractivity contribution in [2.75, 3.05) is 5.32 Å². The van der Waals surface area contributed by atoms with Crippen molar-refractivity contribution in [1.29, 1.82) is 0 Å². The quantitative estimate of drug-likeness (QED) is 0.405. The first-order valence-electron chi connectivity index (χ1n) is 3.84. The number of hydrogen-bond donors (Lipinski definition) is 2. The summed E-state index contributed by atoms with van der Waals surface area (Å²) < 4.78 is 0. The number of benzene rings is 1. The molecule has 0 atom stereocenters. The van der Waals surface area contributed by atoms with Crippen molar-refractivity contribution in [2.45, 2.75) is 0 Å². The van der Waals surface area contributed by atoms with Gasteiger partial charge >= 0.3 is 0 Å². The third-order valence-corrected chi connectivity index (χ3v) is 1.51. The Morgan fingerprint density at radius 3 is 3.00 bits per heavy atom. The smallest absolute Gasteiger partial charge is 0.193 e. The lowest BCUT2D eigenvalue weighted by atomic mass is 10.2. The maximum atomic E-state index is 10.0. The fourth-order valence-electron chi connectivity index (χ4n) is 0.930. The number of carbonyl (C=O) groups excluding carboxylic acids is 1. The highest BCUT2D eigenvalue weighted by Gasteiger charge is 1.93. The first-order valence-corrected chi connectivity index (χ1v) is 4.25. The van der Waals surface area contributed by atoms with Gasteiger partial charge < -0.3 is 11.1 Å². The van der Waals surface area contributed by atoms with Crippen LogP contribution >= 0.6 is 12.2 Å². The molecule has 0 saturated heterocycles. The van der Waals surface area contributed by atoms with Gasteiger partial charge in [0, 0.05) is 11.3 Å². The summed E-state index contributed by atoms with van der Waals surface area (Å²) in [5, 5.41) is 2.97. The summed E-state index contributed by atoms with van der Waals surface area (Å²) in [5.41, 5.74) is 6.80. The number of aldehydes is 1. The second kappa shape index (κ2) is 5.00. The molecule has 0 saturated carbocycles. The van der Waals surface area contributed by atoms with E-state index >= 15 is 0 Å². The van der Waals surface area contributed by atoms with Gasteiger partial charge in [0.25, 0.3) is 0 Å². The molecule has 1 rings (SSSR count). The van der Waals surface area contributed by atoms with Crippen LogP contribution in [0.15, 0.2) is 24.3 Å². The van der Waals surface area contributed by atoms with Gasteiger partial charge in [-0.15, -0.1) is 0 Å². The number of nitrogens with one attached hydrogen (secondary N) is 1. The molecule has 0 aliphatic rings. The zero-order chi connectivity index (χ0) is 10.4. The van der Waals surface area contributed by atoms with Crippen molar-refractivity contribution in [3.8, 4) is 11.8 Å². The van der Waals surface area contributed by atoms with Crippen LogP contribution < -0.4 is 11.1 Å². The minimum Gasteiger partial charge on any atom is -0.376 e. The number of nitrogens with two attached hydrogens (primary N) is 1. The average molecular weight is 204 g/mol. The molecule has 14 heavy (non-hydrogen) atoms. The monoisotopic (exact) mass is 204 g/mol. The molecule has 0 heterocycles. The molecule has 0 bridgehead atoms. The van der Waals surface area contributed by atoms with Gasteiger partial charge in [-0.1, -0.05) is 12.0 Å². The molecule has 1 aromatic carbocycles. The predicted octanol–water partition coefficient (Wildman–Crippen LogP) is 0.893. The van der Waals surface area contributed by atoms with Crippen molar-refractivity contribution in [3.63, 3.8) is 0 Å². The fraction of sp³-hybridized carbons (Fsp3) is 0. The molecule has 3 nitrogen and oxygen atoms in total. The van der Waals surface area contributed by atoms with Crippen LogP contribution in [-0.2, 0) is 4.79 Å². The van der Waals surface area contributed by atoms with Crippen LogP contribution in [0.3, 0.4) is 0 Å². The molecule has 70 valence electrons. The van der Waals surface area contributed by atoms with Crippen LogP contribution in [0, 0.1) is 11.8 Å². The molecular formula is C10H8N2OS. The molecular weight excluding hydrogens is 196 g/mol. The Labute approximate surface area is 87.3 Å². The standard InChI is InChI=1S/C10H8N2OS/c11-10(14)12-9-5-1-3-8(7-9)4-2-6-13/h1,3,5-7H,(H3,11,12,14). The van der Waals surface area contributed by atoms with E-state index in [9.17, 15) is 4.79 Å². The van der Waals surface area contributed by atoms with Crippen LogP contribution in [0.1, 0.15) is 5.56 Å². The van der Waals surface area contributed by atoms with Crippen LogP contribution in [0.2, 0.25) is 0 Å². The Hall–Kier alpha value is -1.86. The molecule has 0 spiro atoms. The summed E-state index contributed by atoms with van der Waals surface area (Å²) in [7, 11) is 0. The summed E-state index contributed by atoms with van der Waals surface area (Å²) in [4.78, 5) is 10.0. The van der Waals surface area contributed by atoms with Crippen molar-refractivity contribution < 1.29 is 4.79 Å². The van der Waals surface area contributed by atoms with Crippen molar-refractivity contribution in [1.82, 2.24) is 0 Å². The lowest BCUT2D eigenvalue weighted by Crippen LogP contribution is -2.18. The van der Waals surface area contributed by atoms with Gasteiger partial charge in [-0.05, 0) is 36.3 Å². The third-order valence-electron chi connectivity index (χ3n) is 1.41. The lowest BCUT2D eigenvalue weighted by Gasteiger charge is -2.02. The first-order chi connectivity index (χ1) is 6.72. The number of hydrogen-bond acceptors (Lipinski definition) is 2. The number of anilines is 1. The maximum absolute atomic E-state index is 10.0. The normalized spacial score (nSPS) is 8.29. The summed E-state index contributed by atoms with van der Waals surface area (Å²) in [6, 6.07) is 7.16. The van der Waals surface area contributed by atoms with Gasteiger partial charge in [-0.25, -0.2) is 0 Å². The number of thiocarbonyl (C=S) groups is 1. The number of carbonyl (C=O) groups is 1. The molecule has 4 heteroatoms. The first kappa shape index (κ1) is 10.2. The molecule has 0 aliphatic heterocycles. The largest absolute Gasteiger partial charge is 0.376 e. The molecule has 0 unspecified atom stereocenters. The Bertz CT molecular complexity index is 418. The van der Waals surface area contributed by atoms with Crippen LogP contribution in [-0.4, -0.2) is 11.4 Å². The highest BCUT2D eigenvalue weighted by atomic mass is 32.1. The maximum Gasteiger partial charge on any atom is 0.193 e. The Morgan fingerprint density at radius 1 is 1.57 bits per heavy atom. The van der Waals surface area contributed by atoms with E-state index in [2.05, 4.69) is 29.4 Å². The molecule has 1 aromatic rings. The van der Waals surface area contributed by atoms with Crippen molar-refractivity contribution in [3.05, 3.63) is 29.8 Å². The lowest BCUT2D eigenvalue weighted by molar-refractivity contribution is -0.103. The van der Waals surface area contributed by atoms with E-state index < -0.39 is 0 Å². The van der Waals surface area contributed by atoms with Crippen molar-refractivity contribution in [2.24, 2.45) is 5.73 Å². The van der Waals surface area contributed by atoms with E-state index in [0.29, 0.717) is 6.29 Å². The summed E-state index contributed by atoms with van der Waals surface area (Å²) in [5.74, 6) is 4.99. The Kier molecular flexibility index (Phi) is 3.65. The summed E-state index contributed by atoms with van der Waals surface area (Å²) in [6.07, 6.45) is 0.549. The Balaban J connectivity index is 2.89. The fourth-order valence-corrected chi connectivity index (χ4v) is 1.05. The average Bonchev–Trinajstić information content (AvgIpc) is 2.14. The predicted molar refractivity (Wildman–Crippen MR) is 59.8 cm³/mol. The molecule has 0 amide bonds. The molecule has 3 N–H and O–H groups in total. The minimum absolute atomic E-state index is 0.200. The van der Waals surface area contributed by atoms with Gasteiger partial charge in [-0.2, -0.15) is 0 Å². The van der Waals surface area contributed by atoms with Gasteiger partial charge in [0.05, 0.1) is 0 Å². The topological polar surface area (TPSA) is 55.1 Å². The zero-order valence-electron chi connectivity index (χ0n) is 7.28. The molecule has 0 aromatic heterocycles. The zero-order valence-corrected chi connectivity index (χ0v) is 8.10. The van der Waals surface area contributed by atoms with Gasteiger partial charge in [-0.3, -0.25) is 4.79 Å². The van der Waals surface area contributed by atoms with E-state index in [1.165, 1.54) is 0 Å². The highest BCUT2D eigenvalue weighted by Crippen LogP contribution is 2.08. The second-order valence-electron chi connectivity index (χ2n) is 2.46. The molecule has 0 aliphatic carbocycles. The highest BCUT2D eigenvalue weighted by molar-refractivity contribution is 7.80. The van der Waals surface area contributed by atoms with E-state index in [1.54, 1.807) is 18.2 Å². The van der Waals surface area contributed by atoms with Gasteiger partial charge in [0.1, 0.15) is 0 Å². The molecule has 0 fully saturated rings. The van der Waals surface area contributed by atoms with Crippen LogP contribution in [0.4, 0.5) is 5.69 Å². The van der Waals surface area contributed by atoms with Gasteiger partial charge in [0.15, 0.2) is 11.4 Å². The third kappa shape index (κ3) is 3.25. The van der Waals surface area contributed by atoms with E-state index in [-0.39, 0.29) is 5.11 Å².